The molecule has 23 heavy (non-hydrogen) atoms. The van der Waals surface area contributed by atoms with Gasteiger partial charge < -0.3 is 5.11 Å². The number of nitrogens with zero attached hydrogens (tertiary/aromatic N) is 1. The topological polar surface area (TPSA) is 76.4 Å². The second-order valence-electron chi connectivity index (χ2n) is 5.02. The highest BCUT2D eigenvalue weighted by atomic mass is 32.2. The Morgan fingerprint density at radius 2 is 1.78 bits per heavy atom. The minimum atomic E-state index is -1.52. The van der Waals surface area contributed by atoms with E-state index in [2.05, 4.69) is 0 Å². The molecule has 2 aromatic carbocycles. The first kappa shape index (κ1) is 15.2. The lowest BCUT2D eigenvalue weighted by Gasteiger charge is -2.05. The smallest absolute Gasteiger partial charge is 0.335 e. The molecule has 0 aliphatic carbocycles. The molecule has 116 valence electrons. The molecule has 0 aliphatic rings. The molecule has 0 aliphatic heterocycles. The molecule has 1 heterocycles. The Hall–Kier alpha value is -2.73. The monoisotopic (exact) mass is 327 g/mol. The second-order valence-corrected chi connectivity index (χ2v) is 6.39. The first-order valence-corrected chi connectivity index (χ1v) is 7.96. The Bertz CT molecular complexity index is 944. The van der Waals surface area contributed by atoms with Crippen LogP contribution in [0.2, 0.25) is 0 Å². The van der Waals surface area contributed by atoms with Crippen molar-refractivity contribution in [2.75, 3.05) is 0 Å². The Morgan fingerprint density at radius 1 is 1.09 bits per heavy atom. The van der Waals surface area contributed by atoms with Crippen LogP contribution in [0, 0.1) is 0 Å². The molecule has 1 unspecified atom stereocenters. The van der Waals surface area contributed by atoms with E-state index in [1.807, 2.05) is 6.07 Å². The lowest BCUT2D eigenvalue weighted by molar-refractivity contribution is 0.0696. The van der Waals surface area contributed by atoms with Crippen LogP contribution in [-0.4, -0.2) is 25.0 Å². The van der Waals surface area contributed by atoms with Crippen LogP contribution in [0.1, 0.15) is 27.6 Å². The van der Waals surface area contributed by atoms with Crippen LogP contribution in [0.25, 0.3) is 10.9 Å². The number of aromatic nitrogens is 1. The largest absolute Gasteiger partial charge is 0.478 e. The van der Waals surface area contributed by atoms with Crippen LogP contribution < -0.4 is 0 Å². The van der Waals surface area contributed by atoms with Crippen molar-refractivity contribution in [3.63, 3.8) is 0 Å². The number of Topliss-reactive ketones (excluding diaryl/α,β-unsaturated/α-hetero) is 1. The molecule has 0 saturated carbocycles. The average molecular weight is 327 g/mol. The van der Waals surface area contributed by atoms with E-state index in [4.69, 9.17) is 5.11 Å². The standard InChI is InChI=1S/C17H13NO4S/c1-11(19)15-10-18(23(22)13-5-3-2-4-6-13)16-8-7-12(17(20)21)9-14(15)16/h2-10H,1H3,(H,20,21). The molecule has 0 saturated heterocycles. The van der Waals surface area contributed by atoms with Crippen molar-refractivity contribution < 1.29 is 18.9 Å². The SMILES string of the molecule is CC(=O)c1cn(S(=O)c2ccccc2)c2ccc(C(=O)O)cc12. The fourth-order valence-corrected chi connectivity index (χ4v) is 3.56. The molecule has 1 aromatic heterocycles. The highest BCUT2D eigenvalue weighted by molar-refractivity contribution is 7.83. The molecule has 0 amide bonds. The molecule has 1 atom stereocenters. The zero-order valence-electron chi connectivity index (χ0n) is 12.2. The second kappa shape index (κ2) is 5.81. The van der Waals surface area contributed by atoms with Gasteiger partial charge in [0, 0.05) is 17.1 Å². The maximum atomic E-state index is 12.8. The number of carbonyl (C=O) groups excluding carboxylic acids is 1. The molecule has 3 aromatic rings. The van der Waals surface area contributed by atoms with Gasteiger partial charge in [0.15, 0.2) is 16.8 Å². The van der Waals surface area contributed by atoms with E-state index in [-0.39, 0.29) is 11.3 Å². The van der Waals surface area contributed by atoms with Gasteiger partial charge in [-0.2, -0.15) is 0 Å². The summed E-state index contributed by atoms with van der Waals surface area (Å²) in [5.74, 6) is -1.28. The molecular weight excluding hydrogens is 314 g/mol. The van der Waals surface area contributed by atoms with Gasteiger partial charge in [-0.05, 0) is 37.3 Å². The average Bonchev–Trinajstić information content (AvgIpc) is 2.94. The van der Waals surface area contributed by atoms with E-state index in [1.54, 1.807) is 30.3 Å². The maximum Gasteiger partial charge on any atom is 0.335 e. The van der Waals surface area contributed by atoms with Crippen LogP contribution >= 0.6 is 0 Å². The van der Waals surface area contributed by atoms with Gasteiger partial charge >= 0.3 is 5.97 Å². The quantitative estimate of drug-likeness (QED) is 0.747. The van der Waals surface area contributed by atoms with Crippen molar-refractivity contribution in [1.29, 1.82) is 0 Å². The van der Waals surface area contributed by atoms with Crippen molar-refractivity contribution >= 4 is 33.6 Å². The van der Waals surface area contributed by atoms with Gasteiger partial charge in [0.25, 0.3) is 0 Å². The predicted octanol–water partition coefficient (Wildman–Crippen LogP) is 3.11. The van der Waals surface area contributed by atoms with Crippen molar-refractivity contribution in [3.05, 3.63) is 65.9 Å². The molecule has 0 radical (unpaired) electrons. The van der Waals surface area contributed by atoms with Crippen molar-refractivity contribution in [2.45, 2.75) is 11.8 Å². The van der Waals surface area contributed by atoms with Crippen molar-refractivity contribution in [3.8, 4) is 0 Å². The fraction of sp³-hybridized carbons (Fsp3) is 0.0588. The highest BCUT2D eigenvalue weighted by Gasteiger charge is 2.18. The van der Waals surface area contributed by atoms with E-state index in [1.165, 1.54) is 29.2 Å². The zero-order chi connectivity index (χ0) is 16.6. The van der Waals surface area contributed by atoms with E-state index in [9.17, 15) is 13.8 Å². The molecule has 0 fully saturated rings. The lowest BCUT2D eigenvalue weighted by Crippen LogP contribution is -2.03. The summed E-state index contributed by atoms with van der Waals surface area (Å²) in [6.45, 7) is 1.40. The number of carboxylic acids is 1. The number of ketones is 1. The number of fused-ring (bicyclic) bond motifs is 1. The first-order chi connectivity index (χ1) is 11.0. The number of hydrogen-bond acceptors (Lipinski definition) is 3. The summed E-state index contributed by atoms with van der Waals surface area (Å²) >= 11 is 0. The third-order valence-corrected chi connectivity index (χ3v) is 4.86. The fourth-order valence-electron chi connectivity index (χ4n) is 2.40. The zero-order valence-corrected chi connectivity index (χ0v) is 13.0. The Labute approximate surface area is 134 Å². The van der Waals surface area contributed by atoms with Crippen molar-refractivity contribution in [1.82, 2.24) is 3.97 Å². The van der Waals surface area contributed by atoms with E-state index >= 15 is 0 Å². The van der Waals surface area contributed by atoms with Gasteiger partial charge in [-0.25, -0.2) is 9.00 Å². The number of carboxylic acid groups (broad SMARTS) is 1. The molecule has 3 rings (SSSR count). The molecule has 1 N–H and O–H groups in total. The van der Waals surface area contributed by atoms with E-state index in [0.29, 0.717) is 21.4 Å². The molecular formula is C17H13NO4S. The normalized spacial score (nSPS) is 12.2. The van der Waals surface area contributed by atoms with E-state index in [0.717, 1.165) is 0 Å². The summed E-state index contributed by atoms with van der Waals surface area (Å²) in [5, 5.41) is 9.60. The summed E-state index contributed by atoms with van der Waals surface area (Å²) in [6, 6.07) is 13.3. The van der Waals surface area contributed by atoms with Gasteiger partial charge in [0.1, 0.15) is 0 Å². The summed E-state index contributed by atoms with van der Waals surface area (Å²) in [5.41, 5.74) is 0.998. The minimum absolute atomic E-state index is 0.0863. The van der Waals surface area contributed by atoms with Crippen LogP contribution in [-0.2, 0) is 11.0 Å². The van der Waals surface area contributed by atoms with Crippen LogP contribution in [0.5, 0.6) is 0 Å². The highest BCUT2D eigenvalue weighted by Crippen LogP contribution is 2.26. The molecule has 0 spiro atoms. The van der Waals surface area contributed by atoms with Crippen LogP contribution in [0.15, 0.2) is 59.6 Å². The first-order valence-electron chi connectivity index (χ1n) is 6.85. The molecule has 0 bridgehead atoms. The third-order valence-electron chi connectivity index (χ3n) is 3.52. The molecule has 6 heteroatoms. The van der Waals surface area contributed by atoms with Gasteiger partial charge in [-0.3, -0.25) is 8.77 Å². The van der Waals surface area contributed by atoms with Crippen LogP contribution in [0.3, 0.4) is 0 Å². The summed E-state index contributed by atoms with van der Waals surface area (Å²) in [7, 11) is -1.52. The summed E-state index contributed by atoms with van der Waals surface area (Å²) < 4.78 is 14.3. The lowest BCUT2D eigenvalue weighted by atomic mass is 10.1. The summed E-state index contributed by atoms with van der Waals surface area (Å²) in [4.78, 5) is 23.6. The number of carbonyl (C=O) groups is 2. The molecule has 5 nitrogen and oxygen atoms in total. The van der Waals surface area contributed by atoms with Gasteiger partial charge in [0.2, 0.25) is 0 Å². The van der Waals surface area contributed by atoms with Gasteiger partial charge in [-0.1, -0.05) is 18.2 Å². The maximum absolute atomic E-state index is 12.8. The third kappa shape index (κ3) is 2.68. The van der Waals surface area contributed by atoms with Gasteiger partial charge in [-0.15, -0.1) is 0 Å². The Morgan fingerprint density at radius 3 is 2.39 bits per heavy atom. The minimum Gasteiger partial charge on any atom is -0.478 e. The van der Waals surface area contributed by atoms with E-state index < -0.39 is 17.0 Å². The number of aromatic carboxylic acids is 1. The van der Waals surface area contributed by atoms with Gasteiger partial charge in [0.05, 0.1) is 16.0 Å². The Balaban J connectivity index is 2.24. The Kier molecular flexibility index (Phi) is 3.83. The predicted molar refractivity (Wildman–Crippen MR) is 87.2 cm³/mol. The summed E-state index contributed by atoms with van der Waals surface area (Å²) in [6.07, 6.45) is 1.52. The van der Waals surface area contributed by atoms with Crippen molar-refractivity contribution in [2.24, 2.45) is 0 Å². The number of rotatable bonds is 4. The van der Waals surface area contributed by atoms with Crippen LogP contribution in [0.4, 0.5) is 0 Å². The number of hydrogen-bond donors (Lipinski definition) is 1. The number of benzene rings is 2.